The van der Waals surface area contributed by atoms with E-state index >= 15 is 0 Å². The van der Waals surface area contributed by atoms with Crippen LogP contribution in [0.25, 0.3) is 0 Å². The molecule has 0 saturated carbocycles. The number of hydrogen-bond acceptors (Lipinski definition) is 3. The van der Waals surface area contributed by atoms with Crippen LogP contribution in [0, 0.1) is 37.0 Å². The van der Waals surface area contributed by atoms with Crippen molar-refractivity contribution in [2.24, 2.45) is 17.4 Å². The van der Waals surface area contributed by atoms with E-state index in [4.69, 9.17) is 11.5 Å². The zero-order valence-electron chi connectivity index (χ0n) is 10.8. The van der Waals surface area contributed by atoms with Gasteiger partial charge in [-0.05, 0) is 32.6 Å². The normalized spacial score (nSPS) is 13.9. The molecule has 1 atom stereocenters. The summed E-state index contributed by atoms with van der Waals surface area (Å²) in [6.45, 7) is 2.87. The molecule has 3 nitrogen and oxygen atoms in total. The summed E-state index contributed by atoms with van der Waals surface area (Å²) in [6, 6.07) is 0. The van der Waals surface area contributed by atoms with E-state index in [-0.39, 0.29) is 49.7 Å². The van der Waals surface area contributed by atoms with Crippen molar-refractivity contribution in [3.05, 3.63) is 0 Å². The summed E-state index contributed by atoms with van der Waals surface area (Å²) in [5, 5.41) is 0. The summed E-state index contributed by atoms with van der Waals surface area (Å²) >= 11 is 0. The molecule has 0 amide bonds. The molecule has 1 unspecified atom stereocenters. The van der Waals surface area contributed by atoms with Gasteiger partial charge in [0.25, 0.3) is 0 Å². The van der Waals surface area contributed by atoms with Crippen LogP contribution in [0.1, 0.15) is 46.0 Å². The molecule has 0 fully saturated rings. The second-order valence-electron chi connectivity index (χ2n) is 4.52. The van der Waals surface area contributed by atoms with E-state index in [9.17, 15) is 18.0 Å². The van der Waals surface area contributed by atoms with Crippen molar-refractivity contribution in [2.75, 3.05) is 0 Å². The van der Waals surface area contributed by atoms with Gasteiger partial charge >= 0.3 is 6.18 Å². The van der Waals surface area contributed by atoms with Crippen LogP contribution >= 0.6 is 0 Å². The summed E-state index contributed by atoms with van der Waals surface area (Å²) < 4.78 is 37.9. The minimum absolute atomic E-state index is 0. The molecule has 0 aliphatic rings. The second-order valence-corrected chi connectivity index (χ2v) is 4.52. The van der Waals surface area contributed by atoms with Crippen molar-refractivity contribution in [2.45, 2.75) is 57.8 Å². The number of Topliss-reactive ketones (excluding diaryl/α,β-unsaturated/α-hetero) is 1. The minimum atomic E-state index is -4.38. The third-order valence-electron chi connectivity index (χ3n) is 2.84. The van der Waals surface area contributed by atoms with Crippen LogP contribution in [-0.4, -0.2) is 17.6 Å². The van der Waals surface area contributed by atoms with Crippen molar-refractivity contribution < 1.29 is 49.1 Å². The number of alkyl halides is 3. The maximum absolute atomic E-state index is 12.6. The molecule has 0 spiro atoms. The van der Waals surface area contributed by atoms with E-state index in [1.165, 1.54) is 13.8 Å². The Labute approximate surface area is 130 Å². The van der Waals surface area contributed by atoms with Crippen molar-refractivity contribution >= 4 is 5.78 Å². The largest absolute Gasteiger partial charge is 0.394 e. The Morgan fingerprint density at radius 3 is 2.06 bits per heavy atom. The Kier molecular flexibility index (Phi) is 9.88. The molecule has 0 bridgehead atoms. The predicted molar refractivity (Wildman–Crippen MR) is 60.1 cm³/mol. The fraction of sp³-hybridized carbons (Fsp3) is 0.909. The molecule has 0 saturated heterocycles. The molecule has 0 heterocycles. The average molecular weight is 492 g/mol. The number of halogens is 3. The molecule has 4 N–H and O–H groups in total. The van der Waals surface area contributed by atoms with Gasteiger partial charge in [0.1, 0.15) is 5.78 Å². The average Bonchev–Trinajstić information content (AvgIpc) is 2.10. The van der Waals surface area contributed by atoms with E-state index in [0.717, 1.165) is 0 Å². The maximum atomic E-state index is 12.6. The smallest absolute Gasteiger partial charge is 0.313 e. The van der Waals surface area contributed by atoms with Crippen LogP contribution in [0.4, 0.5) is 13.2 Å². The van der Waals surface area contributed by atoms with Crippen molar-refractivity contribution in [3.63, 3.8) is 0 Å². The third kappa shape index (κ3) is 7.78. The second kappa shape index (κ2) is 8.57. The van der Waals surface area contributed by atoms with E-state index in [1.807, 2.05) is 0 Å². The Morgan fingerprint density at radius 2 is 1.72 bits per heavy atom. The first-order valence-electron chi connectivity index (χ1n) is 5.75. The molecular formula is C11H21F3N2OU. The predicted octanol–water partition coefficient (Wildman–Crippen LogP) is 2.34. The monoisotopic (exact) mass is 492 g/mol. The molecule has 0 rings (SSSR count). The van der Waals surface area contributed by atoms with Crippen molar-refractivity contribution in [1.29, 1.82) is 0 Å². The molecule has 0 aromatic heterocycles. The molecule has 106 valence electrons. The topological polar surface area (TPSA) is 69.1 Å². The molecular weight excluding hydrogens is 471 g/mol. The summed E-state index contributed by atoms with van der Waals surface area (Å²) in [7, 11) is 0. The number of hydrogen-bond donors (Lipinski definition) is 2. The Hall–Kier alpha value is 0.432. The van der Waals surface area contributed by atoms with Crippen LogP contribution in [0.2, 0.25) is 0 Å². The first-order chi connectivity index (χ1) is 7.61. The standard InChI is InChI=1S/C11H21F3N2O.U/c1-3-9(11(12,13)14)10(15,16)7-5-4-6-8(2)17;/h9H,3-7,15-16H2,1-2H3;. The van der Waals surface area contributed by atoms with Crippen LogP contribution in [0.3, 0.4) is 0 Å². The first-order valence-corrected chi connectivity index (χ1v) is 5.75. The molecule has 7 heteroatoms. The van der Waals surface area contributed by atoms with Gasteiger partial charge < -0.3 is 16.3 Å². The fourth-order valence-electron chi connectivity index (χ4n) is 1.90. The van der Waals surface area contributed by atoms with Gasteiger partial charge in [0, 0.05) is 37.5 Å². The summed E-state index contributed by atoms with van der Waals surface area (Å²) in [5.41, 5.74) is 9.35. The van der Waals surface area contributed by atoms with Gasteiger partial charge in [-0.25, -0.2) is 0 Å². The molecule has 0 aromatic carbocycles. The minimum Gasteiger partial charge on any atom is -0.313 e. The number of carbonyl (C=O) groups excluding carboxylic acids is 1. The maximum Gasteiger partial charge on any atom is 0.394 e. The van der Waals surface area contributed by atoms with Gasteiger partial charge in [0.05, 0.1) is 11.6 Å². The SMILES string of the molecule is CCC(C(F)(F)F)C(N)(N)CCCCC(C)=O.[U]. The third-order valence-corrected chi connectivity index (χ3v) is 2.84. The summed E-state index contributed by atoms with van der Waals surface area (Å²) in [5.74, 6) is -1.68. The molecule has 0 aliphatic heterocycles. The van der Waals surface area contributed by atoms with Gasteiger partial charge in [-0.2, -0.15) is 13.2 Å². The van der Waals surface area contributed by atoms with Crippen LogP contribution in [0.5, 0.6) is 0 Å². The van der Waals surface area contributed by atoms with Crippen LogP contribution in [0.15, 0.2) is 0 Å². The van der Waals surface area contributed by atoms with Crippen LogP contribution < -0.4 is 11.5 Å². The van der Waals surface area contributed by atoms with Gasteiger partial charge in [-0.15, -0.1) is 0 Å². The number of ketones is 1. The zero-order chi connectivity index (χ0) is 13.7. The van der Waals surface area contributed by atoms with E-state index in [2.05, 4.69) is 0 Å². The van der Waals surface area contributed by atoms with E-state index in [1.54, 1.807) is 0 Å². The van der Waals surface area contributed by atoms with Gasteiger partial charge in [-0.1, -0.05) is 6.92 Å². The summed E-state index contributed by atoms with van der Waals surface area (Å²) in [6.07, 6.45) is -3.13. The Morgan fingerprint density at radius 1 is 1.22 bits per heavy atom. The number of carbonyl (C=O) groups is 1. The zero-order valence-corrected chi connectivity index (χ0v) is 15.0. The van der Waals surface area contributed by atoms with E-state index < -0.39 is 17.8 Å². The molecule has 0 radical (unpaired) electrons. The molecule has 0 aromatic rings. The van der Waals surface area contributed by atoms with Crippen molar-refractivity contribution in [3.8, 4) is 0 Å². The van der Waals surface area contributed by atoms with Gasteiger partial charge in [0.2, 0.25) is 0 Å². The Bertz CT molecular complexity index is 257. The van der Waals surface area contributed by atoms with Crippen molar-refractivity contribution in [1.82, 2.24) is 0 Å². The molecule has 0 aliphatic carbocycles. The first kappa shape index (κ1) is 20.7. The van der Waals surface area contributed by atoms with Gasteiger partial charge in [-0.3, -0.25) is 0 Å². The van der Waals surface area contributed by atoms with Crippen LogP contribution in [-0.2, 0) is 4.79 Å². The number of rotatable bonds is 7. The fourth-order valence-corrected chi connectivity index (χ4v) is 1.90. The molecule has 18 heavy (non-hydrogen) atoms. The number of unbranched alkanes of at least 4 members (excludes halogenated alkanes) is 1. The quantitative estimate of drug-likeness (QED) is 0.424. The Balaban J connectivity index is 0. The number of nitrogens with two attached hydrogens (primary N) is 2. The van der Waals surface area contributed by atoms with Gasteiger partial charge in [0.15, 0.2) is 0 Å². The van der Waals surface area contributed by atoms with E-state index in [0.29, 0.717) is 19.3 Å². The summed E-state index contributed by atoms with van der Waals surface area (Å²) in [4.78, 5) is 10.7.